The standard InChI is InChI=1S/C35H64O6/c1-3-4-5-6-7-8-9-10-11-12-16-19-22-31(37)33-24-25-34(41-33)32(38)23-20-17-14-13-15-18-21-30(36)27-29-26-28(2)40-35(29)39/h26,28,30-34,36-38H,3-25,27H2,1-2H3. The summed E-state index contributed by atoms with van der Waals surface area (Å²) in [4.78, 5) is 11.6. The molecule has 2 aliphatic heterocycles. The minimum Gasteiger partial charge on any atom is -0.455 e. The summed E-state index contributed by atoms with van der Waals surface area (Å²) in [6, 6.07) is 0. The van der Waals surface area contributed by atoms with E-state index in [1.54, 1.807) is 6.08 Å². The van der Waals surface area contributed by atoms with Crippen molar-refractivity contribution in [3.05, 3.63) is 11.6 Å². The van der Waals surface area contributed by atoms with Crippen molar-refractivity contribution in [2.75, 3.05) is 0 Å². The number of carbonyl (C=O) groups is 1. The maximum atomic E-state index is 11.6. The Morgan fingerprint density at radius 3 is 1.51 bits per heavy atom. The predicted molar refractivity (Wildman–Crippen MR) is 167 cm³/mol. The Balaban J connectivity index is 1.38. The number of aliphatic hydroxyl groups is 3. The molecule has 0 bridgehead atoms. The number of ether oxygens (including phenoxy) is 2. The van der Waals surface area contributed by atoms with Gasteiger partial charge in [0, 0.05) is 12.0 Å². The maximum Gasteiger partial charge on any atom is 0.334 e. The van der Waals surface area contributed by atoms with Gasteiger partial charge in [-0.1, -0.05) is 122 Å². The zero-order valence-electron chi connectivity index (χ0n) is 26.6. The molecule has 2 rings (SSSR count). The van der Waals surface area contributed by atoms with Gasteiger partial charge in [0.15, 0.2) is 0 Å². The third-order valence-electron chi connectivity index (χ3n) is 9.03. The van der Waals surface area contributed by atoms with Crippen molar-refractivity contribution in [3.8, 4) is 0 Å². The lowest BCUT2D eigenvalue weighted by atomic mass is 9.99. The Labute approximate surface area is 251 Å². The molecular weight excluding hydrogens is 516 g/mol. The zero-order chi connectivity index (χ0) is 29.7. The van der Waals surface area contributed by atoms with Crippen LogP contribution in [0.15, 0.2) is 11.6 Å². The van der Waals surface area contributed by atoms with Crippen molar-refractivity contribution in [2.24, 2.45) is 0 Å². The van der Waals surface area contributed by atoms with Crippen LogP contribution in [0.3, 0.4) is 0 Å². The fourth-order valence-corrected chi connectivity index (χ4v) is 6.40. The van der Waals surface area contributed by atoms with Gasteiger partial charge in [-0.25, -0.2) is 4.79 Å². The van der Waals surface area contributed by atoms with Crippen molar-refractivity contribution < 1.29 is 29.6 Å². The van der Waals surface area contributed by atoms with Crippen molar-refractivity contribution in [1.82, 2.24) is 0 Å². The summed E-state index contributed by atoms with van der Waals surface area (Å²) in [5.74, 6) is -0.289. The number of esters is 1. The van der Waals surface area contributed by atoms with E-state index in [9.17, 15) is 20.1 Å². The first-order chi connectivity index (χ1) is 19.9. The molecule has 41 heavy (non-hydrogen) atoms. The summed E-state index contributed by atoms with van der Waals surface area (Å²) in [5.41, 5.74) is 0.607. The van der Waals surface area contributed by atoms with E-state index in [0.717, 1.165) is 70.6 Å². The largest absolute Gasteiger partial charge is 0.455 e. The first kappa shape index (κ1) is 36.2. The molecule has 2 heterocycles. The van der Waals surface area contributed by atoms with E-state index in [1.165, 1.54) is 70.6 Å². The fourth-order valence-electron chi connectivity index (χ4n) is 6.40. The van der Waals surface area contributed by atoms with Crippen LogP contribution in [0, 0.1) is 0 Å². The van der Waals surface area contributed by atoms with E-state index >= 15 is 0 Å². The molecule has 0 amide bonds. The quantitative estimate of drug-likeness (QED) is 0.0707. The molecule has 0 spiro atoms. The number of hydrogen-bond donors (Lipinski definition) is 3. The van der Waals surface area contributed by atoms with Crippen LogP contribution in [-0.2, 0) is 14.3 Å². The van der Waals surface area contributed by atoms with E-state index in [0.29, 0.717) is 18.4 Å². The second-order valence-electron chi connectivity index (χ2n) is 13.0. The molecule has 6 nitrogen and oxygen atoms in total. The second-order valence-corrected chi connectivity index (χ2v) is 13.0. The Hall–Kier alpha value is -0.950. The Kier molecular flexibility index (Phi) is 20.0. The van der Waals surface area contributed by atoms with Crippen LogP contribution in [0.5, 0.6) is 0 Å². The second kappa shape index (κ2) is 22.6. The summed E-state index contributed by atoms with van der Waals surface area (Å²) in [7, 11) is 0. The highest BCUT2D eigenvalue weighted by Crippen LogP contribution is 2.28. The number of cyclic esters (lactones) is 1. The molecule has 1 fully saturated rings. The van der Waals surface area contributed by atoms with E-state index in [1.807, 2.05) is 6.92 Å². The highest BCUT2D eigenvalue weighted by molar-refractivity contribution is 5.90. The van der Waals surface area contributed by atoms with Gasteiger partial charge in [-0.15, -0.1) is 0 Å². The summed E-state index contributed by atoms with van der Waals surface area (Å²) in [6.07, 6.45) is 26.7. The van der Waals surface area contributed by atoms with Crippen molar-refractivity contribution in [1.29, 1.82) is 0 Å². The van der Waals surface area contributed by atoms with Gasteiger partial charge in [-0.05, 0) is 45.1 Å². The first-order valence-corrected chi connectivity index (χ1v) is 17.5. The number of rotatable bonds is 26. The maximum absolute atomic E-state index is 11.6. The van der Waals surface area contributed by atoms with Crippen molar-refractivity contribution in [3.63, 3.8) is 0 Å². The normalized spacial score (nSPS) is 23.0. The molecule has 2 aliphatic rings. The highest BCUT2D eigenvalue weighted by atomic mass is 16.5. The van der Waals surface area contributed by atoms with Gasteiger partial charge in [0.25, 0.3) is 0 Å². The average molecular weight is 581 g/mol. The van der Waals surface area contributed by atoms with Crippen LogP contribution in [0.25, 0.3) is 0 Å². The summed E-state index contributed by atoms with van der Waals surface area (Å²) in [5, 5.41) is 31.4. The molecule has 6 unspecified atom stereocenters. The number of unbranched alkanes of at least 4 members (excludes halogenated alkanes) is 16. The van der Waals surface area contributed by atoms with Gasteiger partial charge in [0.1, 0.15) is 6.10 Å². The van der Waals surface area contributed by atoms with E-state index < -0.39 is 18.3 Å². The Morgan fingerprint density at radius 2 is 1.10 bits per heavy atom. The van der Waals surface area contributed by atoms with Gasteiger partial charge in [0.2, 0.25) is 0 Å². The number of aliphatic hydroxyl groups excluding tert-OH is 3. The predicted octanol–water partition coefficient (Wildman–Crippen LogP) is 8.09. The molecule has 0 aromatic rings. The van der Waals surface area contributed by atoms with Crippen LogP contribution < -0.4 is 0 Å². The van der Waals surface area contributed by atoms with Crippen molar-refractivity contribution in [2.45, 2.75) is 205 Å². The van der Waals surface area contributed by atoms with E-state index in [4.69, 9.17) is 9.47 Å². The van der Waals surface area contributed by atoms with E-state index in [2.05, 4.69) is 6.92 Å². The van der Waals surface area contributed by atoms with E-state index in [-0.39, 0.29) is 24.3 Å². The third kappa shape index (κ3) is 16.5. The van der Waals surface area contributed by atoms with Gasteiger partial charge < -0.3 is 24.8 Å². The average Bonchev–Trinajstić information content (AvgIpc) is 3.57. The molecule has 0 aromatic carbocycles. The molecular formula is C35H64O6. The smallest absolute Gasteiger partial charge is 0.334 e. The van der Waals surface area contributed by atoms with Crippen LogP contribution in [0.4, 0.5) is 0 Å². The molecule has 0 aliphatic carbocycles. The lowest BCUT2D eigenvalue weighted by molar-refractivity contribution is -0.139. The summed E-state index contributed by atoms with van der Waals surface area (Å²) < 4.78 is 11.2. The summed E-state index contributed by atoms with van der Waals surface area (Å²) in [6.45, 7) is 4.10. The molecule has 0 saturated carbocycles. The van der Waals surface area contributed by atoms with Gasteiger partial charge >= 0.3 is 5.97 Å². The first-order valence-electron chi connectivity index (χ1n) is 17.5. The minimum atomic E-state index is -0.479. The van der Waals surface area contributed by atoms with Gasteiger partial charge in [-0.2, -0.15) is 0 Å². The molecule has 1 saturated heterocycles. The fraction of sp³-hybridized carbons (Fsp3) is 0.914. The third-order valence-corrected chi connectivity index (χ3v) is 9.03. The monoisotopic (exact) mass is 580 g/mol. The van der Waals surface area contributed by atoms with Crippen molar-refractivity contribution >= 4 is 5.97 Å². The lowest BCUT2D eigenvalue weighted by Gasteiger charge is -2.22. The molecule has 6 atom stereocenters. The minimum absolute atomic E-state index is 0.114. The molecule has 240 valence electrons. The number of carbonyl (C=O) groups excluding carboxylic acids is 1. The van der Waals surface area contributed by atoms with Gasteiger partial charge in [-0.3, -0.25) is 0 Å². The van der Waals surface area contributed by atoms with Crippen LogP contribution in [-0.4, -0.2) is 57.9 Å². The Morgan fingerprint density at radius 1 is 0.683 bits per heavy atom. The van der Waals surface area contributed by atoms with Crippen LogP contribution in [0.1, 0.15) is 168 Å². The van der Waals surface area contributed by atoms with Gasteiger partial charge in [0.05, 0.1) is 30.5 Å². The SMILES string of the molecule is CCCCCCCCCCCCCCC(O)C1CCC(C(O)CCCCCCCCC(O)CC2=CC(C)OC2=O)O1. The lowest BCUT2D eigenvalue weighted by Crippen LogP contribution is -2.31. The van der Waals surface area contributed by atoms with Crippen LogP contribution >= 0.6 is 0 Å². The Bertz CT molecular complexity index is 694. The molecule has 0 radical (unpaired) electrons. The molecule has 0 aromatic heterocycles. The topological polar surface area (TPSA) is 96.2 Å². The summed E-state index contributed by atoms with van der Waals surface area (Å²) >= 11 is 0. The highest BCUT2D eigenvalue weighted by Gasteiger charge is 2.34. The number of hydrogen-bond acceptors (Lipinski definition) is 6. The zero-order valence-corrected chi connectivity index (χ0v) is 26.6. The molecule has 6 heteroatoms. The van der Waals surface area contributed by atoms with Crippen LogP contribution in [0.2, 0.25) is 0 Å². The molecule has 3 N–H and O–H groups in total.